The van der Waals surface area contributed by atoms with E-state index in [2.05, 4.69) is 82.1 Å². The van der Waals surface area contributed by atoms with Crippen molar-refractivity contribution in [2.45, 2.75) is 154 Å². The number of rotatable bonds is 36. The molecule has 4 bridgehead atoms. The zero-order chi connectivity index (χ0) is 41.7. The molecule has 0 radical (unpaired) electrons. The summed E-state index contributed by atoms with van der Waals surface area (Å²) in [6, 6.07) is 0. The maximum Gasteiger partial charge on any atom is 0.305 e. The van der Waals surface area contributed by atoms with Crippen molar-refractivity contribution in [1.29, 1.82) is 0 Å². The Kier molecular flexibility index (Phi) is 23.7. The van der Waals surface area contributed by atoms with Crippen LogP contribution in [0.3, 0.4) is 0 Å². The molecule has 0 saturated carbocycles. The maximum absolute atomic E-state index is 12.4. The van der Waals surface area contributed by atoms with Crippen molar-refractivity contribution in [3.05, 3.63) is 36.5 Å². The van der Waals surface area contributed by atoms with Gasteiger partial charge in [-0.25, -0.2) is 0 Å². The van der Waals surface area contributed by atoms with E-state index in [1.807, 2.05) is 30.4 Å². The minimum absolute atomic E-state index is 0.0707. The molecule has 0 aromatic carbocycles. The van der Waals surface area contributed by atoms with Crippen molar-refractivity contribution in [2.24, 2.45) is 11.8 Å². The van der Waals surface area contributed by atoms with Gasteiger partial charge in [0.2, 0.25) is 0 Å². The summed E-state index contributed by atoms with van der Waals surface area (Å²) in [6.45, 7) is 17.8. The first kappa shape index (κ1) is 51.1. The van der Waals surface area contributed by atoms with E-state index in [-0.39, 0.29) is 29.7 Å². The van der Waals surface area contributed by atoms with Crippen LogP contribution in [-0.2, 0) is 37.2 Å². The van der Waals surface area contributed by atoms with Gasteiger partial charge >= 0.3 is 5.97 Å². The second-order valence-electron chi connectivity index (χ2n) is 15.8. The smallest absolute Gasteiger partial charge is 0.305 e. The number of hydrogen-bond donors (Lipinski definition) is 0. The summed E-state index contributed by atoms with van der Waals surface area (Å²) in [5.41, 5.74) is 0.960. The molecule has 0 aromatic rings. The summed E-state index contributed by atoms with van der Waals surface area (Å²) in [4.78, 5) is 23.4. The van der Waals surface area contributed by atoms with E-state index in [0.29, 0.717) is 64.3 Å². The average molecular weight is 921 g/mol. The standard InChI is InChI=1S/C44H74O8P2S4/c1-7-49-53(50-8-2)43(55-32-20-19-29-45)38-23-27-41(34-38,57-43)25-17-15-13-11-12-14-16-18-26-42-28-24-39(35-42)44(58-42,54(51-9-3)52-10-4)56-33-21-22-40(46)48-31-30-47-36-37(5)6/h23-24,27-29,38-39H,5,7-22,25-26,30-36H2,1-4,6H3. The topological polar surface area (TPSA) is 89.5 Å². The van der Waals surface area contributed by atoms with Crippen LogP contribution >= 0.6 is 63.8 Å². The first-order chi connectivity index (χ1) is 28.2. The fraction of sp³-hybridized carbons (Fsp3) is 0.818. The summed E-state index contributed by atoms with van der Waals surface area (Å²) in [7, 11) is -2.11. The van der Waals surface area contributed by atoms with Crippen LogP contribution < -0.4 is 0 Å². The lowest BCUT2D eigenvalue weighted by molar-refractivity contribution is -0.145. The molecule has 2 aliphatic heterocycles. The van der Waals surface area contributed by atoms with E-state index in [1.165, 1.54) is 70.6 Å². The van der Waals surface area contributed by atoms with Gasteiger partial charge in [0.15, 0.2) is 16.8 Å². The van der Waals surface area contributed by atoms with Crippen molar-refractivity contribution in [3.8, 4) is 0 Å². The molecule has 2 heterocycles. The number of carbonyl (C=O) groups is 2. The minimum atomic E-state index is -1.09. The van der Waals surface area contributed by atoms with E-state index < -0.39 is 16.8 Å². The minimum Gasteiger partial charge on any atom is -0.463 e. The third-order valence-electron chi connectivity index (χ3n) is 10.9. The lowest BCUT2D eigenvalue weighted by atomic mass is 9.96. The van der Waals surface area contributed by atoms with Gasteiger partial charge < -0.3 is 32.4 Å². The molecule has 8 nitrogen and oxygen atoms in total. The summed E-state index contributed by atoms with van der Waals surface area (Å²) in [5.74, 6) is 2.56. The van der Waals surface area contributed by atoms with E-state index in [9.17, 15) is 9.59 Å². The monoisotopic (exact) mass is 920 g/mol. The molecule has 4 aliphatic rings. The molecular formula is C44H74O8P2S4. The first-order valence-electron chi connectivity index (χ1n) is 22.2. The number of hydrogen-bond acceptors (Lipinski definition) is 12. The van der Waals surface area contributed by atoms with E-state index in [0.717, 1.165) is 42.6 Å². The highest BCUT2D eigenvalue weighted by Crippen LogP contribution is 2.79. The number of fused-ring (bicyclic) bond motifs is 4. The highest BCUT2D eigenvalue weighted by Gasteiger charge is 2.63. The Balaban J connectivity index is 1.15. The predicted octanol–water partition coefficient (Wildman–Crippen LogP) is 13.4. The fourth-order valence-electron chi connectivity index (χ4n) is 8.35. The number of aldehydes is 1. The molecule has 332 valence electrons. The summed E-state index contributed by atoms with van der Waals surface area (Å²) >= 11 is 8.20. The van der Waals surface area contributed by atoms with E-state index in [1.54, 1.807) is 0 Å². The molecule has 2 fully saturated rings. The third kappa shape index (κ3) is 14.7. The van der Waals surface area contributed by atoms with Crippen LogP contribution in [0.25, 0.3) is 0 Å². The van der Waals surface area contributed by atoms with Crippen LogP contribution in [0.2, 0.25) is 0 Å². The number of thioether (sulfide) groups is 4. The van der Waals surface area contributed by atoms with Gasteiger partial charge in [-0.2, -0.15) is 0 Å². The Morgan fingerprint density at radius 3 is 1.64 bits per heavy atom. The largest absolute Gasteiger partial charge is 0.463 e. The maximum atomic E-state index is 12.4. The molecule has 6 unspecified atom stereocenters. The Morgan fingerprint density at radius 2 is 1.19 bits per heavy atom. The molecule has 0 amide bonds. The average Bonchev–Trinajstić information content (AvgIpc) is 3.98. The van der Waals surface area contributed by atoms with Crippen molar-refractivity contribution in [1.82, 2.24) is 0 Å². The number of allylic oxidation sites excluding steroid dienone is 2. The molecule has 2 saturated heterocycles. The number of esters is 1. The SMILES string of the molecule is C=C(C)COCCOC(=O)CCCSC1(P(OCC)OCC)SC2(CCCCCCCCCCC34C=CC(C3)C(SCCCC=O)(P(OCC)OCC)S4)C=CC1C2. The van der Waals surface area contributed by atoms with Crippen molar-refractivity contribution >= 4 is 76.1 Å². The van der Waals surface area contributed by atoms with E-state index >= 15 is 0 Å². The lowest BCUT2D eigenvalue weighted by Gasteiger charge is -2.41. The van der Waals surface area contributed by atoms with Gasteiger partial charge in [-0.3, -0.25) is 4.79 Å². The Bertz CT molecular complexity index is 1300. The van der Waals surface area contributed by atoms with Gasteiger partial charge in [-0.1, -0.05) is 87.8 Å². The van der Waals surface area contributed by atoms with Crippen molar-refractivity contribution in [3.63, 3.8) is 0 Å². The zero-order valence-electron chi connectivity index (χ0n) is 36.2. The number of carbonyl (C=O) groups excluding carboxylic acids is 2. The van der Waals surface area contributed by atoms with Crippen LogP contribution in [0.5, 0.6) is 0 Å². The molecule has 2 aliphatic carbocycles. The third-order valence-corrected chi connectivity index (χ3v) is 24.3. The van der Waals surface area contributed by atoms with Crippen LogP contribution in [-0.4, -0.2) is 87.1 Å². The van der Waals surface area contributed by atoms with Gasteiger partial charge in [0, 0.05) is 34.2 Å². The Labute approximate surface area is 371 Å². The van der Waals surface area contributed by atoms with Crippen LogP contribution in [0.4, 0.5) is 0 Å². The van der Waals surface area contributed by atoms with Gasteiger partial charge in [0.1, 0.15) is 20.5 Å². The van der Waals surface area contributed by atoms with Gasteiger partial charge in [0.25, 0.3) is 0 Å². The quantitative estimate of drug-likeness (QED) is 0.0197. The molecule has 4 rings (SSSR count). The van der Waals surface area contributed by atoms with Gasteiger partial charge in [-0.05, 0) is 84.6 Å². The molecule has 0 aromatic heterocycles. The zero-order valence-corrected chi connectivity index (χ0v) is 41.3. The predicted molar refractivity (Wildman–Crippen MR) is 253 cm³/mol. The first-order valence-corrected chi connectivity index (χ1v) is 28.1. The van der Waals surface area contributed by atoms with Crippen LogP contribution in [0.15, 0.2) is 36.5 Å². The lowest BCUT2D eigenvalue weighted by Crippen LogP contribution is -2.28. The van der Waals surface area contributed by atoms with Crippen molar-refractivity contribution in [2.75, 3.05) is 57.8 Å². The summed E-state index contributed by atoms with van der Waals surface area (Å²) in [6.07, 6.45) is 28.8. The Hall–Kier alpha value is 0.420. The molecule has 14 heteroatoms. The Morgan fingerprint density at radius 1 is 0.724 bits per heavy atom. The van der Waals surface area contributed by atoms with E-state index in [4.69, 9.17) is 27.6 Å². The van der Waals surface area contributed by atoms with Crippen molar-refractivity contribution < 1.29 is 37.2 Å². The van der Waals surface area contributed by atoms with Crippen LogP contribution in [0.1, 0.15) is 137 Å². The molecule has 6 atom stereocenters. The molecular weight excluding hydrogens is 847 g/mol. The van der Waals surface area contributed by atoms with Crippen LogP contribution in [0, 0.1) is 11.8 Å². The molecule has 58 heavy (non-hydrogen) atoms. The molecule has 0 N–H and O–H groups in total. The molecule has 0 spiro atoms. The number of ether oxygens (including phenoxy) is 2. The summed E-state index contributed by atoms with van der Waals surface area (Å²) in [5, 5.41) is 0. The second kappa shape index (κ2) is 26.9. The second-order valence-corrected chi connectivity index (χ2v) is 27.0. The summed E-state index contributed by atoms with van der Waals surface area (Å²) < 4.78 is 36.3. The van der Waals surface area contributed by atoms with Gasteiger partial charge in [-0.15, -0.1) is 47.0 Å². The number of unbranched alkanes of at least 4 members (excludes halogenated alkanes) is 8. The normalized spacial score (nSPS) is 28.1. The highest BCUT2D eigenvalue weighted by atomic mass is 32.2. The fourth-order valence-corrected chi connectivity index (χ4v) is 22.4. The highest BCUT2D eigenvalue weighted by molar-refractivity contribution is 8.26. The van der Waals surface area contributed by atoms with Gasteiger partial charge in [0.05, 0.1) is 39.6 Å².